The highest BCUT2D eigenvalue weighted by Gasteiger charge is 2.33. The lowest BCUT2D eigenvalue weighted by atomic mass is 9.86. The van der Waals surface area contributed by atoms with Gasteiger partial charge in [-0.15, -0.1) is 0 Å². The predicted molar refractivity (Wildman–Crippen MR) is 86.7 cm³/mol. The van der Waals surface area contributed by atoms with Crippen LogP contribution in [0.5, 0.6) is 5.75 Å². The second-order valence-corrected chi connectivity index (χ2v) is 5.64. The van der Waals surface area contributed by atoms with Gasteiger partial charge in [0.15, 0.2) is 12.1 Å². The van der Waals surface area contributed by atoms with Crippen molar-refractivity contribution in [2.24, 2.45) is 11.0 Å². The molecule has 1 saturated heterocycles. The molecule has 1 heterocycles. The molecular formula is C17H22N2O4. The molecule has 1 aromatic rings. The highest BCUT2D eigenvalue weighted by molar-refractivity contribution is 6.40. The topological polar surface area (TPSA) is 69.2 Å². The van der Waals surface area contributed by atoms with E-state index >= 15 is 0 Å². The van der Waals surface area contributed by atoms with E-state index in [0.29, 0.717) is 38.4 Å². The Bertz CT molecular complexity index is 582. The summed E-state index contributed by atoms with van der Waals surface area (Å²) in [4.78, 5) is 12.1. The third-order valence-corrected chi connectivity index (χ3v) is 4.05. The fourth-order valence-electron chi connectivity index (χ4n) is 2.88. The van der Waals surface area contributed by atoms with Gasteiger partial charge in [-0.1, -0.05) is 12.1 Å². The SMILES string of the molecule is CCOc1ccccc1N/N=C1\C[C@@H](C2OCCO2)CCC1=O. The largest absolute Gasteiger partial charge is 0.492 e. The number of para-hydroxylation sites is 2. The van der Waals surface area contributed by atoms with Gasteiger partial charge in [0, 0.05) is 18.8 Å². The molecule has 2 fully saturated rings. The summed E-state index contributed by atoms with van der Waals surface area (Å²) < 4.78 is 16.7. The minimum atomic E-state index is -0.205. The molecule has 0 bridgehead atoms. The third kappa shape index (κ3) is 3.89. The fourth-order valence-corrected chi connectivity index (χ4v) is 2.88. The van der Waals surface area contributed by atoms with Gasteiger partial charge in [0.2, 0.25) is 0 Å². The summed E-state index contributed by atoms with van der Waals surface area (Å²) in [5.41, 5.74) is 4.27. The van der Waals surface area contributed by atoms with Crippen LogP contribution in [-0.4, -0.2) is 37.6 Å². The first kappa shape index (κ1) is 16.0. The highest BCUT2D eigenvalue weighted by Crippen LogP contribution is 2.29. The number of hydrogen-bond donors (Lipinski definition) is 1. The van der Waals surface area contributed by atoms with Crippen LogP contribution in [0.4, 0.5) is 5.69 Å². The zero-order chi connectivity index (χ0) is 16.1. The van der Waals surface area contributed by atoms with Gasteiger partial charge in [-0.2, -0.15) is 5.10 Å². The maximum absolute atomic E-state index is 12.1. The molecular weight excluding hydrogens is 296 g/mol. The minimum Gasteiger partial charge on any atom is -0.492 e. The van der Waals surface area contributed by atoms with E-state index in [2.05, 4.69) is 10.5 Å². The van der Waals surface area contributed by atoms with Crippen LogP contribution >= 0.6 is 0 Å². The molecule has 0 aromatic heterocycles. The molecule has 1 atom stereocenters. The van der Waals surface area contributed by atoms with E-state index < -0.39 is 0 Å². The number of benzene rings is 1. The quantitative estimate of drug-likeness (QED) is 0.845. The van der Waals surface area contributed by atoms with Gasteiger partial charge < -0.3 is 14.2 Å². The predicted octanol–water partition coefficient (Wildman–Crippen LogP) is 2.60. The molecule has 1 N–H and O–H groups in total. The number of ether oxygens (including phenoxy) is 3. The molecule has 3 rings (SSSR count). The number of anilines is 1. The molecule has 0 radical (unpaired) electrons. The Balaban J connectivity index is 1.69. The Labute approximate surface area is 135 Å². The molecule has 1 saturated carbocycles. The van der Waals surface area contributed by atoms with Crippen LogP contribution in [0.1, 0.15) is 26.2 Å². The van der Waals surface area contributed by atoms with Crippen molar-refractivity contribution in [1.29, 1.82) is 0 Å². The first-order chi connectivity index (χ1) is 11.3. The molecule has 23 heavy (non-hydrogen) atoms. The summed E-state index contributed by atoms with van der Waals surface area (Å²) in [5.74, 6) is 1.00. The van der Waals surface area contributed by atoms with Crippen LogP contribution < -0.4 is 10.2 Å². The number of rotatable bonds is 5. The van der Waals surface area contributed by atoms with Gasteiger partial charge in [-0.25, -0.2) is 0 Å². The number of hydrogen-bond acceptors (Lipinski definition) is 6. The van der Waals surface area contributed by atoms with Gasteiger partial charge >= 0.3 is 0 Å². The lowest BCUT2D eigenvalue weighted by molar-refractivity contribution is -0.117. The Morgan fingerprint density at radius 3 is 2.87 bits per heavy atom. The van der Waals surface area contributed by atoms with Gasteiger partial charge in [-0.05, 0) is 25.5 Å². The Hall–Kier alpha value is -1.92. The zero-order valence-electron chi connectivity index (χ0n) is 13.3. The number of nitrogens with zero attached hydrogens (tertiary/aromatic N) is 1. The minimum absolute atomic E-state index is 0.0839. The van der Waals surface area contributed by atoms with Crippen molar-refractivity contribution in [2.75, 3.05) is 25.2 Å². The van der Waals surface area contributed by atoms with Crippen LogP contribution in [0, 0.1) is 5.92 Å². The van der Waals surface area contributed by atoms with Crippen molar-refractivity contribution in [3.63, 3.8) is 0 Å². The lowest BCUT2D eigenvalue weighted by Crippen LogP contribution is -2.33. The van der Waals surface area contributed by atoms with E-state index in [1.807, 2.05) is 31.2 Å². The van der Waals surface area contributed by atoms with Crippen molar-refractivity contribution in [3.05, 3.63) is 24.3 Å². The summed E-state index contributed by atoms with van der Waals surface area (Å²) in [7, 11) is 0. The fraction of sp³-hybridized carbons (Fsp3) is 0.529. The first-order valence-corrected chi connectivity index (χ1v) is 8.08. The van der Waals surface area contributed by atoms with Gasteiger partial charge in [-0.3, -0.25) is 10.2 Å². The summed E-state index contributed by atoms with van der Waals surface area (Å²) in [6.45, 7) is 3.76. The number of carbonyl (C=O) groups excluding carboxylic acids is 1. The van der Waals surface area contributed by atoms with E-state index in [9.17, 15) is 4.79 Å². The van der Waals surface area contributed by atoms with Gasteiger partial charge in [0.25, 0.3) is 0 Å². The average Bonchev–Trinajstić information content (AvgIpc) is 3.10. The molecule has 0 amide bonds. The van der Waals surface area contributed by atoms with E-state index in [1.165, 1.54) is 0 Å². The van der Waals surface area contributed by atoms with Gasteiger partial charge in [0.05, 0.1) is 25.5 Å². The van der Waals surface area contributed by atoms with E-state index in [-0.39, 0.29) is 18.0 Å². The molecule has 2 aliphatic rings. The molecule has 0 unspecified atom stereocenters. The van der Waals surface area contributed by atoms with Crippen LogP contribution in [0.25, 0.3) is 0 Å². The Kier molecular flexibility index (Phi) is 5.25. The molecule has 6 heteroatoms. The summed E-state index contributed by atoms with van der Waals surface area (Å²) in [6, 6.07) is 7.55. The summed E-state index contributed by atoms with van der Waals surface area (Å²) >= 11 is 0. The normalized spacial score (nSPS) is 24.1. The molecule has 1 aliphatic carbocycles. The number of nitrogens with one attached hydrogen (secondary N) is 1. The van der Waals surface area contributed by atoms with E-state index in [0.717, 1.165) is 17.9 Å². The lowest BCUT2D eigenvalue weighted by Gasteiger charge is -2.26. The standard InChI is InChI=1S/C17H22N2O4/c1-2-21-16-6-4-3-5-13(16)18-19-14-11-12(7-8-15(14)20)17-22-9-10-23-17/h3-6,12,17-18H,2,7-11H2,1H3/b19-14+/t12-/m0/s1. The van der Waals surface area contributed by atoms with Crippen molar-refractivity contribution >= 4 is 17.2 Å². The Morgan fingerprint density at radius 1 is 1.30 bits per heavy atom. The third-order valence-electron chi connectivity index (χ3n) is 4.05. The smallest absolute Gasteiger partial charge is 0.178 e. The van der Waals surface area contributed by atoms with E-state index in [4.69, 9.17) is 14.2 Å². The molecule has 1 aliphatic heterocycles. The zero-order valence-corrected chi connectivity index (χ0v) is 13.3. The number of ketones is 1. The van der Waals surface area contributed by atoms with E-state index in [1.54, 1.807) is 0 Å². The van der Waals surface area contributed by atoms with Crippen molar-refractivity contribution in [2.45, 2.75) is 32.5 Å². The number of Topliss-reactive ketones (excluding diaryl/α,β-unsaturated/α-hetero) is 1. The number of hydrazone groups is 1. The monoisotopic (exact) mass is 318 g/mol. The maximum atomic E-state index is 12.1. The Morgan fingerprint density at radius 2 is 2.09 bits per heavy atom. The van der Waals surface area contributed by atoms with Crippen molar-refractivity contribution in [1.82, 2.24) is 0 Å². The number of carbonyl (C=O) groups is 1. The van der Waals surface area contributed by atoms with Crippen molar-refractivity contribution in [3.8, 4) is 5.75 Å². The second kappa shape index (κ2) is 7.57. The van der Waals surface area contributed by atoms with Gasteiger partial charge in [0.1, 0.15) is 11.5 Å². The first-order valence-electron chi connectivity index (χ1n) is 8.08. The maximum Gasteiger partial charge on any atom is 0.178 e. The second-order valence-electron chi connectivity index (χ2n) is 5.64. The average molecular weight is 318 g/mol. The molecule has 124 valence electrons. The van der Waals surface area contributed by atoms with Crippen LogP contribution in [0.3, 0.4) is 0 Å². The summed E-state index contributed by atoms with van der Waals surface area (Å²) in [6.07, 6.45) is 1.65. The molecule has 6 nitrogen and oxygen atoms in total. The van der Waals surface area contributed by atoms with Crippen LogP contribution in [0.2, 0.25) is 0 Å². The summed E-state index contributed by atoms with van der Waals surface area (Å²) in [5, 5.41) is 4.33. The van der Waals surface area contributed by atoms with Crippen molar-refractivity contribution < 1.29 is 19.0 Å². The molecule has 1 aromatic carbocycles. The molecule has 0 spiro atoms. The van der Waals surface area contributed by atoms with Crippen LogP contribution in [0.15, 0.2) is 29.4 Å². The highest BCUT2D eigenvalue weighted by atomic mass is 16.7. The van der Waals surface area contributed by atoms with Crippen LogP contribution in [-0.2, 0) is 14.3 Å².